The quantitative estimate of drug-likeness (QED) is 0.705. The van der Waals surface area contributed by atoms with E-state index in [9.17, 15) is 0 Å². The minimum absolute atomic E-state index is 0.419. The summed E-state index contributed by atoms with van der Waals surface area (Å²) in [6.45, 7) is 5.41. The van der Waals surface area contributed by atoms with Gasteiger partial charge in [0, 0.05) is 10.5 Å². The second kappa shape index (κ2) is 8.35. The highest BCUT2D eigenvalue weighted by Crippen LogP contribution is 2.25. The highest BCUT2D eigenvalue weighted by atomic mass is 79.9. The van der Waals surface area contributed by atoms with E-state index in [0.717, 1.165) is 25.8 Å². The molecular formula is C19H24BrN. The van der Waals surface area contributed by atoms with Crippen molar-refractivity contribution >= 4 is 15.9 Å². The first kappa shape index (κ1) is 16.3. The van der Waals surface area contributed by atoms with Crippen molar-refractivity contribution in [2.75, 3.05) is 6.54 Å². The molecule has 1 N–H and O–H groups in total. The van der Waals surface area contributed by atoms with Crippen LogP contribution in [0.1, 0.15) is 42.5 Å². The Labute approximate surface area is 136 Å². The average molecular weight is 346 g/mol. The first-order valence-corrected chi connectivity index (χ1v) is 8.53. The van der Waals surface area contributed by atoms with Crippen LogP contribution in [0.15, 0.2) is 53.0 Å². The van der Waals surface area contributed by atoms with Gasteiger partial charge in [0.1, 0.15) is 0 Å². The Balaban J connectivity index is 2.08. The second-order valence-corrected chi connectivity index (χ2v) is 6.39. The number of hydrogen-bond acceptors (Lipinski definition) is 1. The molecule has 2 rings (SSSR count). The van der Waals surface area contributed by atoms with E-state index in [1.54, 1.807) is 0 Å². The summed E-state index contributed by atoms with van der Waals surface area (Å²) in [7, 11) is 0. The van der Waals surface area contributed by atoms with Crippen LogP contribution in [0.5, 0.6) is 0 Å². The van der Waals surface area contributed by atoms with Gasteiger partial charge in [-0.1, -0.05) is 65.3 Å². The number of benzene rings is 2. The highest BCUT2D eigenvalue weighted by molar-refractivity contribution is 9.10. The first-order chi connectivity index (χ1) is 10.2. The van der Waals surface area contributed by atoms with Crippen LogP contribution in [0.2, 0.25) is 0 Å². The molecule has 0 aliphatic carbocycles. The van der Waals surface area contributed by atoms with Crippen LogP contribution >= 0.6 is 15.9 Å². The molecule has 0 heterocycles. The molecule has 0 spiro atoms. The predicted molar refractivity (Wildman–Crippen MR) is 94.7 cm³/mol. The van der Waals surface area contributed by atoms with Crippen LogP contribution in [0.25, 0.3) is 0 Å². The number of aryl methyl sites for hydroxylation is 2. The van der Waals surface area contributed by atoms with Crippen LogP contribution in [0, 0.1) is 6.92 Å². The fourth-order valence-electron chi connectivity index (χ4n) is 2.49. The molecule has 0 aliphatic heterocycles. The van der Waals surface area contributed by atoms with Crippen molar-refractivity contribution in [1.82, 2.24) is 5.32 Å². The van der Waals surface area contributed by atoms with E-state index in [2.05, 4.69) is 83.6 Å². The summed E-state index contributed by atoms with van der Waals surface area (Å²) in [6.07, 6.45) is 3.39. The largest absolute Gasteiger partial charge is 0.310 e. The fraction of sp³-hybridized carbons (Fsp3) is 0.368. The van der Waals surface area contributed by atoms with Gasteiger partial charge in [-0.3, -0.25) is 0 Å². The molecule has 0 fully saturated rings. The Kier molecular flexibility index (Phi) is 6.47. The molecule has 0 amide bonds. The van der Waals surface area contributed by atoms with Crippen LogP contribution in [-0.2, 0) is 6.42 Å². The van der Waals surface area contributed by atoms with Gasteiger partial charge in [0.25, 0.3) is 0 Å². The zero-order chi connectivity index (χ0) is 15.1. The van der Waals surface area contributed by atoms with Crippen molar-refractivity contribution in [1.29, 1.82) is 0 Å². The molecule has 0 radical (unpaired) electrons. The SMILES string of the molecule is CCCNC(CCc1ccccc1)c1ccc(C)c(Br)c1. The summed E-state index contributed by atoms with van der Waals surface area (Å²) < 4.78 is 1.20. The number of halogens is 1. The van der Waals surface area contributed by atoms with E-state index in [1.807, 2.05) is 0 Å². The molecule has 1 atom stereocenters. The molecule has 1 unspecified atom stereocenters. The van der Waals surface area contributed by atoms with Crippen molar-refractivity contribution in [3.05, 3.63) is 69.7 Å². The van der Waals surface area contributed by atoms with E-state index < -0.39 is 0 Å². The Bertz CT molecular complexity index is 551. The highest BCUT2D eigenvalue weighted by Gasteiger charge is 2.11. The maximum Gasteiger partial charge on any atom is 0.0323 e. The van der Waals surface area contributed by atoms with Crippen LogP contribution in [0.3, 0.4) is 0 Å². The van der Waals surface area contributed by atoms with Gasteiger partial charge in [-0.15, -0.1) is 0 Å². The summed E-state index contributed by atoms with van der Waals surface area (Å²) >= 11 is 3.65. The van der Waals surface area contributed by atoms with E-state index in [1.165, 1.54) is 21.2 Å². The normalized spacial score (nSPS) is 12.3. The van der Waals surface area contributed by atoms with E-state index in [4.69, 9.17) is 0 Å². The third kappa shape index (κ3) is 4.98. The second-order valence-electron chi connectivity index (χ2n) is 5.54. The minimum atomic E-state index is 0.419. The molecule has 112 valence electrons. The molecule has 2 aromatic rings. The monoisotopic (exact) mass is 345 g/mol. The summed E-state index contributed by atoms with van der Waals surface area (Å²) in [5.41, 5.74) is 4.07. The van der Waals surface area contributed by atoms with Crippen LogP contribution < -0.4 is 5.32 Å². The molecule has 0 aromatic heterocycles. The molecule has 0 aliphatic rings. The lowest BCUT2D eigenvalue weighted by Crippen LogP contribution is -2.22. The molecule has 1 nitrogen and oxygen atoms in total. The lowest BCUT2D eigenvalue weighted by atomic mass is 9.98. The fourth-order valence-corrected chi connectivity index (χ4v) is 2.88. The standard InChI is InChI=1S/C19H24BrN/c1-3-13-21-19(12-10-16-7-5-4-6-8-16)17-11-9-15(2)18(20)14-17/h4-9,11,14,19,21H,3,10,12-13H2,1-2H3. The smallest absolute Gasteiger partial charge is 0.0323 e. The van der Waals surface area contributed by atoms with Crippen molar-refractivity contribution in [3.8, 4) is 0 Å². The summed E-state index contributed by atoms with van der Waals surface area (Å²) in [5, 5.41) is 3.68. The lowest BCUT2D eigenvalue weighted by molar-refractivity contribution is 0.499. The van der Waals surface area contributed by atoms with Gasteiger partial charge < -0.3 is 5.32 Å². The van der Waals surface area contributed by atoms with Gasteiger partial charge in [-0.05, 0) is 55.5 Å². The zero-order valence-corrected chi connectivity index (χ0v) is 14.5. The van der Waals surface area contributed by atoms with Crippen LogP contribution in [-0.4, -0.2) is 6.54 Å². The zero-order valence-electron chi connectivity index (χ0n) is 12.9. The predicted octanol–water partition coefficient (Wildman–Crippen LogP) is 5.43. The van der Waals surface area contributed by atoms with E-state index in [-0.39, 0.29) is 0 Å². The molecule has 21 heavy (non-hydrogen) atoms. The average Bonchev–Trinajstić information content (AvgIpc) is 2.51. The van der Waals surface area contributed by atoms with Gasteiger partial charge in [0.15, 0.2) is 0 Å². The summed E-state index contributed by atoms with van der Waals surface area (Å²) in [6, 6.07) is 17.9. The Morgan fingerprint density at radius 2 is 1.86 bits per heavy atom. The molecule has 0 saturated carbocycles. The van der Waals surface area contributed by atoms with Crippen molar-refractivity contribution < 1.29 is 0 Å². The van der Waals surface area contributed by atoms with Crippen molar-refractivity contribution in [3.63, 3.8) is 0 Å². The Hall–Kier alpha value is -1.12. The summed E-state index contributed by atoms with van der Waals surface area (Å²) in [5.74, 6) is 0. The van der Waals surface area contributed by atoms with Crippen molar-refractivity contribution in [2.24, 2.45) is 0 Å². The van der Waals surface area contributed by atoms with Gasteiger partial charge >= 0.3 is 0 Å². The minimum Gasteiger partial charge on any atom is -0.310 e. The van der Waals surface area contributed by atoms with Crippen LogP contribution in [0.4, 0.5) is 0 Å². The number of hydrogen-bond donors (Lipinski definition) is 1. The molecule has 2 heteroatoms. The van der Waals surface area contributed by atoms with Gasteiger partial charge in [-0.2, -0.15) is 0 Å². The lowest BCUT2D eigenvalue weighted by Gasteiger charge is -2.20. The summed E-state index contributed by atoms with van der Waals surface area (Å²) in [4.78, 5) is 0. The first-order valence-electron chi connectivity index (χ1n) is 7.74. The third-order valence-electron chi connectivity index (χ3n) is 3.80. The molecule has 2 aromatic carbocycles. The third-order valence-corrected chi connectivity index (χ3v) is 4.66. The Morgan fingerprint density at radius 3 is 2.52 bits per heavy atom. The van der Waals surface area contributed by atoms with E-state index >= 15 is 0 Å². The maximum absolute atomic E-state index is 3.68. The molecule has 0 saturated heterocycles. The molecular weight excluding hydrogens is 322 g/mol. The van der Waals surface area contributed by atoms with Gasteiger partial charge in [0.05, 0.1) is 0 Å². The Morgan fingerprint density at radius 1 is 1.10 bits per heavy atom. The van der Waals surface area contributed by atoms with Gasteiger partial charge in [-0.25, -0.2) is 0 Å². The number of rotatable bonds is 7. The van der Waals surface area contributed by atoms with E-state index in [0.29, 0.717) is 6.04 Å². The maximum atomic E-state index is 3.68. The van der Waals surface area contributed by atoms with Gasteiger partial charge in [0.2, 0.25) is 0 Å². The topological polar surface area (TPSA) is 12.0 Å². The number of nitrogens with one attached hydrogen (secondary N) is 1. The molecule has 0 bridgehead atoms. The van der Waals surface area contributed by atoms with Crippen molar-refractivity contribution in [2.45, 2.75) is 39.2 Å².